The normalized spacial score (nSPS) is 12.2. The average Bonchev–Trinajstić information content (AvgIpc) is 3.69. The van der Waals surface area contributed by atoms with Crippen LogP contribution in [0, 0.1) is 0 Å². The van der Waals surface area contributed by atoms with Gasteiger partial charge >= 0.3 is 0 Å². The van der Waals surface area contributed by atoms with Gasteiger partial charge in [-0.1, -0.05) is 109 Å². The number of rotatable bonds is 4. The van der Waals surface area contributed by atoms with Crippen LogP contribution >= 0.6 is 0 Å². The summed E-state index contributed by atoms with van der Waals surface area (Å²) < 4.78 is 13.0. The summed E-state index contributed by atoms with van der Waals surface area (Å²) in [6.45, 7) is 0. The van der Waals surface area contributed by atoms with Crippen molar-refractivity contribution in [2.24, 2.45) is 0 Å². The van der Waals surface area contributed by atoms with E-state index in [1.165, 1.54) is 10.8 Å². The summed E-state index contributed by atoms with van der Waals surface area (Å²) in [6.07, 6.45) is 0. The van der Waals surface area contributed by atoms with Gasteiger partial charge < -0.3 is 8.83 Å². The molecule has 5 nitrogen and oxygen atoms in total. The molecule has 5 heteroatoms. The van der Waals surface area contributed by atoms with Crippen LogP contribution in [0.1, 0.15) is 0 Å². The van der Waals surface area contributed by atoms with E-state index in [9.17, 15) is 0 Å². The van der Waals surface area contributed by atoms with Crippen LogP contribution in [-0.4, -0.2) is 15.0 Å². The number of nitrogens with zero attached hydrogens (tertiary/aromatic N) is 3. The van der Waals surface area contributed by atoms with E-state index in [0.29, 0.717) is 17.5 Å². The highest BCUT2D eigenvalue weighted by Gasteiger charge is 2.28. The van der Waals surface area contributed by atoms with Crippen LogP contribution in [0.3, 0.4) is 0 Å². The van der Waals surface area contributed by atoms with Gasteiger partial charge in [-0.3, -0.25) is 0 Å². The second-order valence-electron chi connectivity index (χ2n) is 12.3. The highest BCUT2D eigenvalue weighted by molar-refractivity contribution is 6.37. The van der Waals surface area contributed by atoms with E-state index in [4.69, 9.17) is 23.8 Å². The van der Waals surface area contributed by atoms with Gasteiger partial charge in [0.05, 0.1) is 0 Å². The van der Waals surface area contributed by atoms with E-state index in [1.807, 2.05) is 60.7 Å². The maximum Gasteiger partial charge on any atom is 0.164 e. The van der Waals surface area contributed by atoms with E-state index in [1.54, 1.807) is 0 Å². The first-order valence-electron chi connectivity index (χ1n) is 16.0. The van der Waals surface area contributed by atoms with Crippen LogP contribution in [0.2, 0.25) is 0 Å². The zero-order valence-corrected chi connectivity index (χ0v) is 25.4. The molecule has 0 spiro atoms. The van der Waals surface area contributed by atoms with Crippen molar-refractivity contribution in [2.75, 3.05) is 0 Å². The predicted molar refractivity (Wildman–Crippen MR) is 193 cm³/mol. The van der Waals surface area contributed by atoms with Gasteiger partial charge in [-0.05, 0) is 52.4 Å². The maximum absolute atomic E-state index is 6.56. The molecule has 11 rings (SSSR count). The van der Waals surface area contributed by atoms with E-state index in [2.05, 4.69) is 78.9 Å². The zero-order chi connectivity index (χ0) is 31.3. The zero-order valence-electron chi connectivity index (χ0n) is 25.4. The van der Waals surface area contributed by atoms with Gasteiger partial charge in [-0.15, -0.1) is 0 Å². The van der Waals surface area contributed by atoms with Crippen LogP contribution in [0.5, 0.6) is 0 Å². The Bertz CT molecular complexity index is 2880. The van der Waals surface area contributed by atoms with Crippen LogP contribution < -0.4 is 0 Å². The molecular weight excluding hydrogens is 590 g/mol. The summed E-state index contributed by atoms with van der Waals surface area (Å²) in [4.78, 5) is 15.2. The van der Waals surface area contributed by atoms with Gasteiger partial charge in [0.1, 0.15) is 22.3 Å². The molecule has 0 unspecified atom stereocenters. The second-order valence-corrected chi connectivity index (χ2v) is 12.3. The van der Waals surface area contributed by atoms with Gasteiger partial charge in [0.2, 0.25) is 0 Å². The van der Waals surface area contributed by atoms with Gasteiger partial charge in [-0.25, -0.2) is 15.0 Å². The lowest BCUT2D eigenvalue weighted by molar-refractivity contribution is 0.669. The molecular formula is C43H23N3O2. The standard InChI is InChI=1S/C43H23N3O2/c1-3-10-25(11-4-1)41-44-42(26-12-5-2-6-13-26)46-43(45-41)29-15-8-7-14-27(29)28-20-23-34-40-36(28)30-16-9-17-31-37(30)38-32(47-31)21-18-24-19-22-33(48-34)39(40)35(24)38/h1-23H. The lowest BCUT2D eigenvalue weighted by Gasteiger charge is -2.16. The molecule has 3 heterocycles. The predicted octanol–water partition coefficient (Wildman–Crippen LogP) is 11.5. The van der Waals surface area contributed by atoms with E-state index < -0.39 is 0 Å². The fraction of sp³-hybridized carbons (Fsp3) is 0. The number of benzene rings is 7. The number of fused-ring (bicyclic) bond motifs is 1. The first-order valence-corrected chi connectivity index (χ1v) is 16.0. The maximum atomic E-state index is 6.56. The molecule has 1 aliphatic carbocycles. The molecule has 0 amide bonds. The largest absolute Gasteiger partial charge is 0.456 e. The second kappa shape index (κ2) is 9.47. The molecule has 0 bridgehead atoms. The first-order chi connectivity index (χ1) is 23.8. The Balaban J connectivity index is 1.25. The third-order valence-corrected chi connectivity index (χ3v) is 9.67. The number of hydrogen-bond acceptors (Lipinski definition) is 5. The van der Waals surface area contributed by atoms with Gasteiger partial charge in [0, 0.05) is 49.2 Å². The fourth-order valence-electron chi connectivity index (χ4n) is 7.63. The van der Waals surface area contributed by atoms with Crippen molar-refractivity contribution >= 4 is 54.6 Å². The lowest BCUT2D eigenvalue weighted by atomic mass is 9.88. The molecule has 3 aromatic heterocycles. The molecule has 0 atom stereocenters. The lowest BCUT2D eigenvalue weighted by Crippen LogP contribution is -2.01. The van der Waals surface area contributed by atoms with Crippen molar-refractivity contribution in [3.8, 4) is 56.4 Å². The third kappa shape index (κ3) is 3.47. The number of aromatic nitrogens is 3. The summed E-state index contributed by atoms with van der Waals surface area (Å²) in [5, 5.41) is 6.85. The Hall–Kier alpha value is -6.59. The molecule has 1 aliphatic rings. The monoisotopic (exact) mass is 613 g/mol. The number of furan rings is 2. The van der Waals surface area contributed by atoms with Crippen molar-refractivity contribution in [1.82, 2.24) is 15.0 Å². The summed E-state index contributed by atoms with van der Waals surface area (Å²) in [6, 6.07) is 47.7. The minimum atomic E-state index is 0.617. The van der Waals surface area contributed by atoms with E-state index in [0.717, 1.165) is 82.8 Å². The van der Waals surface area contributed by atoms with Gasteiger partial charge in [-0.2, -0.15) is 0 Å². The summed E-state index contributed by atoms with van der Waals surface area (Å²) >= 11 is 0. The minimum Gasteiger partial charge on any atom is -0.456 e. The fourth-order valence-corrected chi connectivity index (χ4v) is 7.63. The van der Waals surface area contributed by atoms with Crippen molar-refractivity contribution in [3.63, 3.8) is 0 Å². The van der Waals surface area contributed by atoms with Crippen LogP contribution in [0.4, 0.5) is 0 Å². The van der Waals surface area contributed by atoms with Crippen LogP contribution in [0.25, 0.3) is 111 Å². The average molecular weight is 614 g/mol. The smallest absolute Gasteiger partial charge is 0.164 e. The molecule has 0 radical (unpaired) electrons. The Morgan fingerprint density at radius 1 is 0.312 bits per heavy atom. The Labute approximate surface area is 273 Å². The van der Waals surface area contributed by atoms with Crippen molar-refractivity contribution in [2.45, 2.75) is 0 Å². The molecule has 10 aromatic rings. The SMILES string of the molecule is c1ccc(-c2nc(-c3ccccc3)nc(-c3ccccc3-c3ccc4oc5ccc6ccc7oc8cccc9c8c7c6c5c4c3-9)n2)cc1. The van der Waals surface area contributed by atoms with Gasteiger partial charge in [0.25, 0.3) is 0 Å². The van der Waals surface area contributed by atoms with E-state index >= 15 is 0 Å². The highest BCUT2D eigenvalue weighted by Crippen LogP contribution is 2.53. The van der Waals surface area contributed by atoms with Gasteiger partial charge in [0.15, 0.2) is 17.5 Å². The van der Waals surface area contributed by atoms with Crippen molar-refractivity contribution < 1.29 is 8.83 Å². The first kappa shape index (κ1) is 25.6. The summed E-state index contributed by atoms with van der Waals surface area (Å²) in [7, 11) is 0. The summed E-state index contributed by atoms with van der Waals surface area (Å²) in [5.74, 6) is 1.88. The quantitative estimate of drug-likeness (QED) is 0.198. The molecule has 0 saturated heterocycles. The molecule has 48 heavy (non-hydrogen) atoms. The Morgan fingerprint density at radius 3 is 1.52 bits per heavy atom. The Morgan fingerprint density at radius 2 is 0.833 bits per heavy atom. The third-order valence-electron chi connectivity index (χ3n) is 9.67. The molecule has 0 aliphatic heterocycles. The molecule has 0 saturated carbocycles. The molecule has 222 valence electrons. The molecule has 7 aromatic carbocycles. The van der Waals surface area contributed by atoms with Crippen LogP contribution in [0.15, 0.2) is 148 Å². The van der Waals surface area contributed by atoms with Crippen LogP contribution in [-0.2, 0) is 0 Å². The molecule has 0 fully saturated rings. The minimum absolute atomic E-state index is 0.617. The summed E-state index contributed by atoms with van der Waals surface area (Å²) in [5.41, 5.74) is 10.6. The van der Waals surface area contributed by atoms with Crippen molar-refractivity contribution in [1.29, 1.82) is 0 Å². The Kier molecular flexibility index (Phi) is 5.05. The molecule has 0 N–H and O–H groups in total. The topological polar surface area (TPSA) is 65.0 Å². The van der Waals surface area contributed by atoms with Crippen molar-refractivity contribution in [3.05, 3.63) is 140 Å². The van der Waals surface area contributed by atoms with E-state index in [-0.39, 0.29) is 0 Å². The number of hydrogen-bond donors (Lipinski definition) is 0. The highest BCUT2D eigenvalue weighted by atomic mass is 16.3.